The van der Waals surface area contributed by atoms with Crippen LogP contribution in [0.5, 0.6) is 0 Å². The highest BCUT2D eigenvalue weighted by Crippen LogP contribution is 2.31. The summed E-state index contributed by atoms with van der Waals surface area (Å²) in [6.07, 6.45) is 2.72. The van der Waals surface area contributed by atoms with Crippen LogP contribution in [0.15, 0.2) is 23.4 Å². The third-order valence-corrected chi connectivity index (χ3v) is 4.20. The second-order valence-electron chi connectivity index (χ2n) is 7.51. The van der Waals surface area contributed by atoms with Crippen LogP contribution in [-0.2, 0) is 4.74 Å². The van der Waals surface area contributed by atoms with Crippen LogP contribution in [0.3, 0.4) is 0 Å². The van der Waals surface area contributed by atoms with Crippen LogP contribution in [0, 0.1) is 10.8 Å². The Morgan fingerprint density at radius 3 is 2.84 bits per heavy atom. The number of piperidine rings is 1. The van der Waals surface area contributed by atoms with Crippen LogP contribution in [-0.4, -0.2) is 31.3 Å². The van der Waals surface area contributed by atoms with Gasteiger partial charge in [-0.25, -0.2) is 4.79 Å². The molecule has 1 aliphatic rings. The van der Waals surface area contributed by atoms with Crippen LogP contribution in [0.4, 0.5) is 21.9 Å². The molecule has 1 heterocycles. The van der Waals surface area contributed by atoms with Crippen molar-refractivity contribution in [3.63, 3.8) is 0 Å². The van der Waals surface area contributed by atoms with E-state index in [9.17, 15) is 9.70 Å². The zero-order valence-corrected chi connectivity index (χ0v) is 15.2. The number of amides is 1. The summed E-state index contributed by atoms with van der Waals surface area (Å²) in [6.45, 7) is 7.96. The minimum Gasteiger partial charge on any atom is -0.444 e. The summed E-state index contributed by atoms with van der Waals surface area (Å²) < 4.78 is 5.24. The Labute approximate surface area is 148 Å². The number of nitrogens with one attached hydrogen (secondary N) is 1. The van der Waals surface area contributed by atoms with Crippen molar-refractivity contribution in [3.05, 3.63) is 23.1 Å². The fourth-order valence-corrected chi connectivity index (χ4v) is 3.10. The molecule has 0 radical (unpaired) electrons. The third-order valence-electron chi connectivity index (χ3n) is 4.20. The zero-order chi connectivity index (χ0) is 18.4. The number of hydrogen-bond acceptors (Lipinski definition) is 6. The molecular formula is C18H28N4O3. The van der Waals surface area contributed by atoms with Crippen molar-refractivity contribution < 1.29 is 9.53 Å². The van der Waals surface area contributed by atoms with Crippen LogP contribution in [0.25, 0.3) is 0 Å². The Morgan fingerprint density at radius 1 is 1.44 bits per heavy atom. The topological polar surface area (TPSA) is 97.0 Å². The van der Waals surface area contributed by atoms with E-state index in [1.807, 2.05) is 26.8 Å². The van der Waals surface area contributed by atoms with Gasteiger partial charge in [0.15, 0.2) is 0 Å². The van der Waals surface area contributed by atoms with E-state index in [0.29, 0.717) is 23.8 Å². The van der Waals surface area contributed by atoms with Gasteiger partial charge in [0, 0.05) is 19.6 Å². The quantitative estimate of drug-likeness (QED) is 0.623. The lowest BCUT2D eigenvalue weighted by Crippen LogP contribution is -2.38. The second-order valence-corrected chi connectivity index (χ2v) is 7.51. The normalized spacial score (nSPS) is 17.9. The number of nitrogen functional groups attached to an aromatic ring is 1. The smallest absolute Gasteiger partial charge is 0.407 e. The first-order chi connectivity index (χ1) is 11.8. The maximum atomic E-state index is 11.7. The number of hydrogen-bond donors (Lipinski definition) is 2. The summed E-state index contributed by atoms with van der Waals surface area (Å²) >= 11 is 0. The molecule has 1 aliphatic heterocycles. The summed E-state index contributed by atoms with van der Waals surface area (Å²) in [5, 5.41) is 5.73. The number of carbonyl (C=O) groups is 1. The van der Waals surface area contributed by atoms with E-state index in [-0.39, 0.29) is 6.09 Å². The number of alkyl carbamates (subject to hydrolysis) is 1. The van der Waals surface area contributed by atoms with E-state index >= 15 is 0 Å². The van der Waals surface area contributed by atoms with Gasteiger partial charge in [0.2, 0.25) is 0 Å². The van der Waals surface area contributed by atoms with Gasteiger partial charge in [-0.2, -0.15) is 0 Å². The minimum absolute atomic E-state index is 0.344. The Balaban J connectivity index is 1.85. The summed E-state index contributed by atoms with van der Waals surface area (Å²) in [7, 11) is 0. The van der Waals surface area contributed by atoms with Gasteiger partial charge < -0.3 is 20.7 Å². The SMILES string of the molecule is CC(C)(C)OC(=O)NCCC1CCCN(c2ccc(N=O)cc2N)C1. The standard InChI is InChI=1S/C18H28N4O3/c1-18(2,3)25-17(23)20-9-8-13-5-4-10-22(12-13)16-7-6-14(21-24)11-15(16)19/h6-7,11,13H,4-5,8-10,12,19H2,1-3H3,(H,20,23). The van der Waals surface area contributed by atoms with E-state index in [2.05, 4.69) is 15.4 Å². The molecule has 25 heavy (non-hydrogen) atoms. The molecular weight excluding hydrogens is 320 g/mol. The van der Waals surface area contributed by atoms with Gasteiger partial charge >= 0.3 is 6.09 Å². The third kappa shape index (κ3) is 5.92. The second kappa shape index (κ2) is 8.18. The Hall–Kier alpha value is -2.31. The van der Waals surface area contributed by atoms with Crippen molar-refractivity contribution >= 4 is 23.2 Å². The molecule has 1 atom stereocenters. The summed E-state index contributed by atoms with van der Waals surface area (Å²) in [6, 6.07) is 5.15. The van der Waals surface area contributed by atoms with Gasteiger partial charge in [-0.05, 0) is 69.3 Å². The van der Waals surface area contributed by atoms with Crippen molar-refractivity contribution in [3.8, 4) is 0 Å². The van der Waals surface area contributed by atoms with Gasteiger partial charge in [0.05, 0.1) is 11.4 Å². The van der Waals surface area contributed by atoms with Crippen LogP contribution < -0.4 is 16.0 Å². The molecule has 3 N–H and O–H groups in total. The van der Waals surface area contributed by atoms with Crippen molar-refractivity contribution in [1.82, 2.24) is 5.32 Å². The van der Waals surface area contributed by atoms with Crippen molar-refractivity contribution in [1.29, 1.82) is 0 Å². The van der Waals surface area contributed by atoms with E-state index in [1.54, 1.807) is 12.1 Å². The molecule has 1 fully saturated rings. The number of anilines is 2. The van der Waals surface area contributed by atoms with Gasteiger partial charge in [0.1, 0.15) is 11.3 Å². The number of benzene rings is 1. The number of nitrogens with two attached hydrogens (primary N) is 1. The number of ether oxygens (including phenoxy) is 1. The first kappa shape index (κ1) is 19.0. The molecule has 1 aromatic carbocycles. The molecule has 1 unspecified atom stereocenters. The van der Waals surface area contributed by atoms with E-state index in [0.717, 1.165) is 38.0 Å². The predicted molar refractivity (Wildman–Crippen MR) is 100 cm³/mol. The van der Waals surface area contributed by atoms with Gasteiger partial charge in [-0.1, -0.05) is 0 Å². The number of rotatable bonds is 5. The maximum absolute atomic E-state index is 11.7. The molecule has 1 aromatic rings. The monoisotopic (exact) mass is 348 g/mol. The highest BCUT2D eigenvalue weighted by molar-refractivity contribution is 5.71. The van der Waals surface area contributed by atoms with Gasteiger partial charge in [-0.15, -0.1) is 4.91 Å². The summed E-state index contributed by atoms with van der Waals surface area (Å²) in [5.41, 5.74) is 7.44. The molecule has 0 bridgehead atoms. The molecule has 7 nitrogen and oxygen atoms in total. The van der Waals surface area contributed by atoms with Crippen molar-refractivity contribution in [2.75, 3.05) is 30.3 Å². The molecule has 1 saturated heterocycles. The fraction of sp³-hybridized carbons (Fsp3) is 0.611. The average molecular weight is 348 g/mol. The minimum atomic E-state index is -0.480. The number of nitroso groups, excluding NO2 is 1. The first-order valence-electron chi connectivity index (χ1n) is 8.73. The van der Waals surface area contributed by atoms with Crippen LogP contribution >= 0.6 is 0 Å². The van der Waals surface area contributed by atoms with E-state index in [1.165, 1.54) is 0 Å². The maximum Gasteiger partial charge on any atom is 0.407 e. The summed E-state index contributed by atoms with van der Waals surface area (Å²) in [4.78, 5) is 24.5. The molecule has 0 spiro atoms. The van der Waals surface area contributed by atoms with Crippen LogP contribution in [0.2, 0.25) is 0 Å². The largest absolute Gasteiger partial charge is 0.444 e. The van der Waals surface area contributed by atoms with Crippen LogP contribution in [0.1, 0.15) is 40.0 Å². The number of nitrogens with zero attached hydrogens (tertiary/aromatic N) is 2. The molecule has 1 amide bonds. The van der Waals surface area contributed by atoms with E-state index in [4.69, 9.17) is 10.5 Å². The van der Waals surface area contributed by atoms with Crippen molar-refractivity contribution in [2.45, 2.75) is 45.6 Å². The Morgan fingerprint density at radius 2 is 2.20 bits per heavy atom. The number of carbonyl (C=O) groups excluding carboxylic acids is 1. The molecule has 0 aromatic heterocycles. The molecule has 0 saturated carbocycles. The fourth-order valence-electron chi connectivity index (χ4n) is 3.10. The predicted octanol–water partition coefficient (Wildman–Crippen LogP) is 3.80. The first-order valence-corrected chi connectivity index (χ1v) is 8.73. The Bertz CT molecular complexity index is 613. The Kier molecular flexibility index (Phi) is 6.22. The summed E-state index contributed by atoms with van der Waals surface area (Å²) in [5.74, 6) is 0.479. The molecule has 2 rings (SSSR count). The lowest BCUT2D eigenvalue weighted by molar-refractivity contribution is 0.0524. The molecule has 138 valence electrons. The zero-order valence-electron chi connectivity index (χ0n) is 15.2. The average Bonchev–Trinajstić information content (AvgIpc) is 2.53. The highest BCUT2D eigenvalue weighted by Gasteiger charge is 2.22. The van der Waals surface area contributed by atoms with Gasteiger partial charge in [-0.3, -0.25) is 0 Å². The van der Waals surface area contributed by atoms with E-state index < -0.39 is 5.60 Å². The molecule has 0 aliphatic carbocycles. The lowest BCUT2D eigenvalue weighted by Gasteiger charge is -2.35. The van der Waals surface area contributed by atoms with Gasteiger partial charge in [0.25, 0.3) is 0 Å². The van der Waals surface area contributed by atoms with Crippen molar-refractivity contribution in [2.24, 2.45) is 11.1 Å². The highest BCUT2D eigenvalue weighted by atomic mass is 16.6. The molecule has 7 heteroatoms. The lowest BCUT2D eigenvalue weighted by atomic mass is 9.94.